The van der Waals surface area contributed by atoms with Gasteiger partial charge in [0, 0.05) is 65.2 Å². The van der Waals surface area contributed by atoms with Gasteiger partial charge in [-0.05, 0) is 95.7 Å². The summed E-state index contributed by atoms with van der Waals surface area (Å²) in [4.78, 5) is 4.74. The third-order valence-electron chi connectivity index (χ3n) is 15.8. The van der Waals surface area contributed by atoms with Gasteiger partial charge in [-0.25, -0.2) is 0 Å². The summed E-state index contributed by atoms with van der Waals surface area (Å²) in [6, 6.07) is 87.6. The van der Waals surface area contributed by atoms with Gasteiger partial charge in [-0.3, -0.25) is 0 Å². The van der Waals surface area contributed by atoms with E-state index in [4.69, 9.17) is 8.83 Å². The van der Waals surface area contributed by atoms with Crippen molar-refractivity contribution in [2.45, 2.75) is 0 Å². The van der Waals surface area contributed by atoms with E-state index in [1.165, 1.54) is 65.4 Å². The number of furan rings is 2. The largest absolute Gasteiger partial charge is 0.454 e. The van der Waals surface area contributed by atoms with Gasteiger partial charge in [-0.2, -0.15) is 0 Å². The van der Waals surface area contributed by atoms with Gasteiger partial charge in [0.1, 0.15) is 11.2 Å². The summed E-state index contributed by atoms with van der Waals surface area (Å²) in [7, 11) is 0. The van der Waals surface area contributed by atoms with Crippen molar-refractivity contribution in [2.24, 2.45) is 0 Å². The minimum Gasteiger partial charge on any atom is -0.454 e. The molecule has 0 atom stereocenters. The predicted molar refractivity (Wildman–Crippen MR) is 308 cm³/mol. The van der Waals surface area contributed by atoms with E-state index in [1.54, 1.807) is 0 Å². The third kappa shape index (κ3) is 5.22. The van der Waals surface area contributed by atoms with Crippen molar-refractivity contribution in [1.29, 1.82) is 0 Å². The first-order valence-electron chi connectivity index (χ1n) is 25.3. The Labute approximate surface area is 422 Å². The van der Waals surface area contributed by atoms with E-state index in [9.17, 15) is 0 Å². The second-order valence-electron chi connectivity index (χ2n) is 19.5. The van der Waals surface area contributed by atoms with Crippen LogP contribution in [0.3, 0.4) is 0 Å². The average molecular weight is 945 g/mol. The lowest BCUT2D eigenvalue weighted by Crippen LogP contribution is -2.10. The number of aromatic nitrogens is 2. The normalized spacial score (nSPS) is 12.3. The highest BCUT2D eigenvalue weighted by Gasteiger charge is 2.27. The Kier molecular flexibility index (Phi) is 7.91. The molecule has 0 spiro atoms. The summed E-state index contributed by atoms with van der Waals surface area (Å²) >= 11 is 0. The maximum atomic E-state index is 6.71. The molecule has 17 rings (SSSR count). The van der Waals surface area contributed by atoms with Crippen LogP contribution >= 0.6 is 0 Å². The molecule has 0 fully saturated rings. The lowest BCUT2D eigenvalue weighted by Gasteiger charge is -2.27. The van der Waals surface area contributed by atoms with Gasteiger partial charge in [0.25, 0.3) is 0 Å². The molecule has 0 amide bonds. The molecule has 5 aromatic heterocycles. The third-order valence-corrected chi connectivity index (χ3v) is 15.8. The SMILES string of the molecule is c1ccc(N(c2cccc3c2ccc2c3c3cccc4c3n2c2cccc3c5c6cccc(N(c7ccccc7)c7cccc8c7oc7ccccc78)c6ccc5n4c32)c2cccc3c2oc2ccccc23)cc1. The summed E-state index contributed by atoms with van der Waals surface area (Å²) in [5.41, 5.74) is 16.9. The fourth-order valence-corrected chi connectivity index (χ4v) is 12.8. The summed E-state index contributed by atoms with van der Waals surface area (Å²) < 4.78 is 18.5. The lowest BCUT2D eigenvalue weighted by atomic mass is 10.0. The van der Waals surface area contributed by atoms with E-state index in [0.717, 1.165) is 88.8 Å². The fraction of sp³-hybridized carbons (Fsp3) is 0. The molecule has 0 aliphatic heterocycles. The zero-order valence-corrected chi connectivity index (χ0v) is 39.7. The van der Waals surface area contributed by atoms with Gasteiger partial charge in [0.15, 0.2) is 11.2 Å². The van der Waals surface area contributed by atoms with Crippen molar-refractivity contribution in [3.05, 3.63) is 243 Å². The molecule has 12 aromatic carbocycles. The Morgan fingerprint density at radius 1 is 0.243 bits per heavy atom. The van der Waals surface area contributed by atoms with E-state index < -0.39 is 0 Å². The molecule has 0 unspecified atom stereocenters. The number of para-hydroxylation sites is 8. The molecule has 0 saturated heterocycles. The first-order chi connectivity index (χ1) is 36.8. The predicted octanol–water partition coefficient (Wildman–Crippen LogP) is 19.3. The maximum absolute atomic E-state index is 6.71. The molecule has 6 nitrogen and oxygen atoms in total. The van der Waals surface area contributed by atoms with Gasteiger partial charge in [0.2, 0.25) is 0 Å². The molecule has 17 aromatic rings. The van der Waals surface area contributed by atoms with E-state index in [1.807, 2.05) is 12.1 Å². The first kappa shape index (κ1) is 39.7. The second-order valence-corrected chi connectivity index (χ2v) is 19.5. The maximum Gasteiger partial charge on any atom is 0.159 e. The smallest absolute Gasteiger partial charge is 0.159 e. The summed E-state index contributed by atoms with van der Waals surface area (Å²) in [5, 5.41) is 14.0. The summed E-state index contributed by atoms with van der Waals surface area (Å²) in [6.07, 6.45) is 0. The van der Waals surface area contributed by atoms with Crippen molar-refractivity contribution >= 4 is 154 Å². The molecule has 0 aliphatic rings. The number of rotatable bonds is 6. The van der Waals surface area contributed by atoms with Crippen molar-refractivity contribution in [2.75, 3.05) is 9.80 Å². The zero-order chi connectivity index (χ0) is 48.2. The molecular formula is C68H40N4O2. The molecule has 344 valence electrons. The zero-order valence-electron chi connectivity index (χ0n) is 39.7. The second kappa shape index (κ2) is 14.8. The highest BCUT2D eigenvalue weighted by atomic mass is 16.3. The van der Waals surface area contributed by atoms with Gasteiger partial charge >= 0.3 is 0 Å². The van der Waals surface area contributed by atoms with Gasteiger partial charge in [-0.1, -0.05) is 158 Å². The van der Waals surface area contributed by atoms with Crippen molar-refractivity contribution in [3.63, 3.8) is 0 Å². The fourth-order valence-electron chi connectivity index (χ4n) is 12.8. The highest BCUT2D eigenvalue weighted by Crippen LogP contribution is 2.50. The number of hydrogen-bond acceptors (Lipinski definition) is 4. The minimum absolute atomic E-state index is 0.864. The molecule has 74 heavy (non-hydrogen) atoms. The van der Waals surface area contributed by atoms with Crippen LogP contribution < -0.4 is 9.80 Å². The van der Waals surface area contributed by atoms with E-state index >= 15 is 0 Å². The van der Waals surface area contributed by atoms with E-state index in [-0.39, 0.29) is 0 Å². The molecule has 0 aliphatic carbocycles. The molecule has 0 bridgehead atoms. The van der Waals surface area contributed by atoms with Crippen LogP contribution in [-0.2, 0) is 0 Å². The quantitative estimate of drug-likeness (QED) is 0.156. The average Bonchev–Trinajstić information content (AvgIpc) is 4.24. The molecule has 0 N–H and O–H groups in total. The molecular weight excluding hydrogens is 905 g/mol. The Bertz CT molecular complexity index is 4830. The van der Waals surface area contributed by atoms with Crippen LogP contribution in [0.15, 0.2) is 251 Å². The van der Waals surface area contributed by atoms with Gasteiger partial charge in [-0.15, -0.1) is 0 Å². The van der Waals surface area contributed by atoms with E-state index in [0.29, 0.717) is 0 Å². The van der Waals surface area contributed by atoms with Gasteiger partial charge in [0.05, 0.1) is 55.8 Å². The Morgan fingerprint density at radius 3 is 1.07 bits per heavy atom. The van der Waals surface area contributed by atoms with Crippen molar-refractivity contribution < 1.29 is 8.83 Å². The van der Waals surface area contributed by atoms with Crippen LogP contribution in [-0.4, -0.2) is 8.80 Å². The number of benzene rings is 12. The van der Waals surface area contributed by atoms with Gasteiger partial charge < -0.3 is 27.4 Å². The first-order valence-corrected chi connectivity index (χ1v) is 25.3. The Hall–Kier alpha value is -10.0. The van der Waals surface area contributed by atoms with E-state index in [2.05, 4.69) is 249 Å². The highest BCUT2D eigenvalue weighted by molar-refractivity contribution is 6.31. The van der Waals surface area contributed by atoms with Crippen LogP contribution in [0.1, 0.15) is 0 Å². The van der Waals surface area contributed by atoms with Crippen LogP contribution in [0.25, 0.3) is 120 Å². The summed E-state index contributed by atoms with van der Waals surface area (Å²) in [6.45, 7) is 0. The van der Waals surface area contributed by atoms with Crippen LogP contribution in [0.2, 0.25) is 0 Å². The number of hydrogen-bond donors (Lipinski definition) is 0. The molecule has 5 heterocycles. The molecule has 0 radical (unpaired) electrons. The number of fused-ring (bicyclic) bond motifs is 18. The minimum atomic E-state index is 0.864. The Balaban J connectivity index is 0.913. The van der Waals surface area contributed by atoms with Crippen LogP contribution in [0, 0.1) is 0 Å². The van der Waals surface area contributed by atoms with Crippen molar-refractivity contribution in [1.82, 2.24) is 8.80 Å². The Morgan fingerprint density at radius 2 is 0.608 bits per heavy atom. The lowest BCUT2D eigenvalue weighted by molar-refractivity contribution is 0.669. The number of nitrogens with zero attached hydrogens (tertiary/aromatic N) is 4. The molecule has 0 saturated carbocycles. The van der Waals surface area contributed by atoms with Crippen LogP contribution in [0.4, 0.5) is 34.1 Å². The topological polar surface area (TPSA) is 41.6 Å². The molecule has 6 heteroatoms. The monoisotopic (exact) mass is 944 g/mol. The summed E-state index contributed by atoms with van der Waals surface area (Å²) in [5.74, 6) is 0. The standard InChI is InChI=1S/C68H40N4O2/c1-3-17-41(18-4-1)69(59-33-13-25-49-45-21-7-9-35-61(45)73-67(49)59)53-29-11-23-47-43(53)37-39-55-63(47)51-27-15-31-57-65(51)71(55)58-32-16-28-52-64-48-24-12-30-54(44(48)38-40-56(64)72(57)66(52)58)70(42-19-5-2-6-20-42)60-34-14-26-50-46-22-8-10-36-62(46)74-68(50)60/h1-40H. The van der Waals surface area contributed by atoms with Crippen molar-refractivity contribution in [3.8, 4) is 0 Å². The van der Waals surface area contributed by atoms with Crippen LogP contribution in [0.5, 0.6) is 0 Å². The number of anilines is 6.